The van der Waals surface area contributed by atoms with Crippen molar-refractivity contribution in [3.8, 4) is 11.3 Å². The fourth-order valence-electron chi connectivity index (χ4n) is 4.57. The number of alkyl halides is 3. The van der Waals surface area contributed by atoms with E-state index >= 15 is 0 Å². The van der Waals surface area contributed by atoms with Gasteiger partial charge in [-0.15, -0.1) is 5.10 Å². The first-order valence-electron chi connectivity index (χ1n) is 11.7. The number of fused-ring (bicyclic) bond motifs is 1. The molecule has 3 aromatic heterocycles. The quantitative estimate of drug-likeness (QED) is 0.553. The predicted molar refractivity (Wildman–Crippen MR) is 128 cm³/mol. The Bertz CT molecular complexity index is 1310. The summed E-state index contributed by atoms with van der Waals surface area (Å²) in [6.45, 7) is 0. The number of likely N-dealkylation sites (N-methyl/N-ethyl adjacent to an activating group) is 1. The van der Waals surface area contributed by atoms with Crippen LogP contribution in [0.5, 0.6) is 0 Å². The molecule has 1 unspecified atom stereocenters. The number of aliphatic hydroxyl groups excluding tert-OH is 1. The molecule has 0 amide bonds. The highest BCUT2D eigenvalue weighted by molar-refractivity contribution is 5.94. The van der Waals surface area contributed by atoms with Crippen LogP contribution < -0.4 is 5.32 Å². The van der Waals surface area contributed by atoms with Gasteiger partial charge >= 0.3 is 6.18 Å². The zero-order valence-corrected chi connectivity index (χ0v) is 19.8. The van der Waals surface area contributed by atoms with Gasteiger partial charge in [0.25, 0.3) is 0 Å². The van der Waals surface area contributed by atoms with E-state index in [2.05, 4.69) is 20.4 Å². The van der Waals surface area contributed by atoms with Crippen molar-refractivity contribution >= 4 is 22.6 Å². The summed E-state index contributed by atoms with van der Waals surface area (Å²) in [4.78, 5) is 8.17. The van der Waals surface area contributed by atoms with E-state index in [-0.39, 0.29) is 17.7 Å². The van der Waals surface area contributed by atoms with E-state index in [1.165, 1.54) is 11.2 Å². The maximum Gasteiger partial charge on any atom is 0.417 e. The van der Waals surface area contributed by atoms with Crippen LogP contribution in [-0.4, -0.2) is 62.2 Å². The average Bonchev–Trinajstić information content (AvgIpc) is 3.25. The largest absolute Gasteiger partial charge is 0.473 e. The molecule has 0 radical (unpaired) electrons. The van der Waals surface area contributed by atoms with Gasteiger partial charge in [0.1, 0.15) is 17.6 Å². The van der Waals surface area contributed by atoms with Gasteiger partial charge in [-0.1, -0.05) is 0 Å². The van der Waals surface area contributed by atoms with Crippen LogP contribution in [0.3, 0.4) is 0 Å². The van der Waals surface area contributed by atoms with E-state index in [0.29, 0.717) is 22.8 Å². The molecule has 0 spiro atoms. The third-order valence-electron chi connectivity index (χ3n) is 6.51. The van der Waals surface area contributed by atoms with Crippen LogP contribution in [0, 0.1) is 0 Å². The molecular weight excluding hydrogens is 475 g/mol. The number of halogens is 3. The maximum atomic E-state index is 13.3. The Morgan fingerprint density at radius 1 is 1.11 bits per heavy atom. The monoisotopic (exact) mass is 501 g/mol. The Hall–Kier alpha value is -3.67. The molecule has 1 saturated carbocycles. The lowest BCUT2D eigenvalue weighted by Gasteiger charge is -2.30. The molecule has 1 aliphatic heterocycles. The zero-order valence-electron chi connectivity index (χ0n) is 19.8. The number of aromatic nitrogens is 4. The highest BCUT2D eigenvalue weighted by atomic mass is 19.4. The molecule has 1 fully saturated rings. The van der Waals surface area contributed by atoms with E-state index < -0.39 is 18.0 Å². The van der Waals surface area contributed by atoms with Crippen LogP contribution >= 0.6 is 0 Å². The topological polar surface area (TPSA) is 101 Å². The minimum absolute atomic E-state index is 0.0307. The molecule has 0 aromatic carbocycles. The summed E-state index contributed by atoms with van der Waals surface area (Å²) in [6, 6.07) is 2.97. The highest BCUT2D eigenvalue weighted by Crippen LogP contribution is 2.37. The molecule has 1 aliphatic carbocycles. The summed E-state index contributed by atoms with van der Waals surface area (Å²) >= 11 is 0. The van der Waals surface area contributed by atoms with Gasteiger partial charge in [0.2, 0.25) is 5.90 Å². The molecule has 3 aromatic rings. The van der Waals surface area contributed by atoms with Crippen molar-refractivity contribution in [3.63, 3.8) is 0 Å². The number of pyridine rings is 2. The standard InChI is InChI=1S/C24H26F3N7O2/c1-28-20-10-19-18(13-30-20)23(14-9-15(12-29-11-14)24(25,26)27)32-34(19)16-3-5-17(6-4-16)36-21-7-8-22(35)33(2)31-21/h7-13,16-17,22,35H,3-6H2,1-2H3,(H,28,30). The van der Waals surface area contributed by atoms with E-state index in [9.17, 15) is 18.3 Å². The van der Waals surface area contributed by atoms with Gasteiger partial charge in [-0.2, -0.15) is 18.3 Å². The lowest BCUT2D eigenvalue weighted by atomic mass is 9.93. The zero-order chi connectivity index (χ0) is 25.4. The van der Waals surface area contributed by atoms with Crippen molar-refractivity contribution in [1.82, 2.24) is 24.8 Å². The molecule has 2 aliphatic rings. The van der Waals surface area contributed by atoms with E-state index in [1.807, 2.05) is 10.7 Å². The Morgan fingerprint density at radius 3 is 2.58 bits per heavy atom. The molecule has 4 heterocycles. The first-order valence-corrected chi connectivity index (χ1v) is 11.7. The van der Waals surface area contributed by atoms with Crippen LogP contribution in [0.15, 0.2) is 48.0 Å². The second-order valence-electron chi connectivity index (χ2n) is 8.92. The fourth-order valence-corrected chi connectivity index (χ4v) is 4.57. The van der Waals surface area contributed by atoms with Gasteiger partial charge in [0, 0.05) is 55.8 Å². The molecular formula is C24H26F3N7O2. The molecule has 1 atom stereocenters. The molecule has 0 saturated heterocycles. The highest BCUT2D eigenvalue weighted by Gasteiger charge is 2.32. The van der Waals surface area contributed by atoms with E-state index in [1.54, 1.807) is 32.4 Å². The lowest BCUT2D eigenvalue weighted by molar-refractivity contribution is -0.137. The average molecular weight is 502 g/mol. The lowest BCUT2D eigenvalue weighted by Crippen LogP contribution is -2.32. The van der Waals surface area contributed by atoms with Crippen LogP contribution in [0.25, 0.3) is 22.2 Å². The minimum Gasteiger partial charge on any atom is -0.473 e. The number of hydrazone groups is 1. The maximum absolute atomic E-state index is 13.3. The Morgan fingerprint density at radius 2 is 1.89 bits per heavy atom. The molecule has 9 nitrogen and oxygen atoms in total. The van der Waals surface area contributed by atoms with Gasteiger partial charge in [0.05, 0.1) is 17.1 Å². The van der Waals surface area contributed by atoms with E-state index in [0.717, 1.165) is 43.5 Å². The molecule has 2 N–H and O–H groups in total. The first-order chi connectivity index (χ1) is 17.2. The van der Waals surface area contributed by atoms with Crippen LogP contribution in [0.2, 0.25) is 0 Å². The Kier molecular flexibility index (Phi) is 6.29. The number of hydrogen-bond acceptors (Lipinski definition) is 8. The summed E-state index contributed by atoms with van der Waals surface area (Å²) in [5, 5.41) is 23.8. The number of nitrogens with zero attached hydrogens (tertiary/aromatic N) is 6. The summed E-state index contributed by atoms with van der Waals surface area (Å²) in [7, 11) is 3.43. The number of rotatable bonds is 4. The van der Waals surface area contributed by atoms with Crippen molar-refractivity contribution in [2.75, 3.05) is 19.4 Å². The minimum atomic E-state index is -4.50. The number of hydrogen-bond donors (Lipinski definition) is 2. The predicted octanol–water partition coefficient (Wildman–Crippen LogP) is 4.19. The summed E-state index contributed by atoms with van der Waals surface area (Å²) < 4.78 is 47.9. The van der Waals surface area contributed by atoms with Gasteiger partial charge in [0.15, 0.2) is 6.23 Å². The van der Waals surface area contributed by atoms with Gasteiger partial charge in [-0.25, -0.2) is 4.98 Å². The van der Waals surface area contributed by atoms with E-state index in [4.69, 9.17) is 9.84 Å². The van der Waals surface area contributed by atoms with Crippen LogP contribution in [-0.2, 0) is 10.9 Å². The Labute approximate surface area is 205 Å². The van der Waals surface area contributed by atoms with Crippen molar-refractivity contribution in [2.45, 2.75) is 50.2 Å². The molecule has 5 rings (SSSR count). The third kappa shape index (κ3) is 4.72. The first kappa shape index (κ1) is 24.0. The number of nitrogens with one attached hydrogen (secondary N) is 1. The van der Waals surface area contributed by atoms with Gasteiger partial charge < -0.3 is 15.2 Å². The van der Waals surface area contributed by atoms with Crippen molar-refractivity contribution < 1.29 is 23.0 Å². The SMILES string of the molecule is CNc1cc2c(cn1)c(-c1cncc(C(F)(F)F)c1)nn2C1CCC(OC2=NN(C)C(O)C=C2)CC1. The second-order valence-corrected chi connectivity index (χ2v) is 8.92. The molecule has 0 bridgehead atoms. The molecule has 12 heteroatoms. The summed E-state index contributed by atoms with van der Waals surface area (Å²) in [5.41, 5.74) is 0.678. The fraction of sp³-hybridized carbons (Fsp3) is 0.417. The smallest absolute Gasteiger partial charge is 0.417 e. The van der Waals surface area contributed by atoms with Crippen LogP contribution in [0.4, 0.5) is 19.0 Å². The number of ether oxygens (including phenoxy) is 1. The third-order valence-corrected chi connectivity index (χ3v) is 6.51. The Balaban J connectivity index is 1.41. The summed E-state index contributed by atoms with van der Waals surface area (Å²) in [5.74, 6) is 1.10. The molecule has 190 valence electrons. The van der Waals surface area contributed by atoms with Crippen molar-refractivity contribution in [3.05, 3.63) is 48.4 Å². The van der Waals surface area contributed by atoms with Crippen LogP contribution in [0.1, 0.15) is 37.3 Å². The number of anilines is 1. The summed E-state index contributed by atoms with van der Waals surface area (Å²) in [6.07, 6.45) is 4.89. The number of aliphatic hydroxyl groups is 1. The van der Waals surface area contributed by atoms with Crippen molar-refractivity contribution in [1.29, 1.82) is 0 Å². The molecule has 36 heavy (non-hydrogen) atoms. The van der Waals surface area contributed by atoms with Gasteiger partial charge in [-0.05, 0) is 37.8 Å². The van der Waals surface area contributed by atoms with Gasteiger partial charge in [-0.3, -0.25) is 14.7 Å². The second kappa shape index (κ2) is 9.41. The van der Waals surface area contributed by atoms with Crippen molar-refractivity contribution in [2.24, 2.45) is 5.10 Å². The normalized spacial score (nSPS) is 22.6.